The van der Waals surface area contributed by atoms with E-state index < -0.39 is 10.0 Å². The fourth-order valence-electron chi connectivity index (χ4n) is 1.80. The van der Waals surface area contributed by atoms with E-state index in [9.17, 15) is 13.2 Å². The van der Waals surface area contributed by atoms with Crippen LogP contribution < -0.4 is 15.8 Å². The van der Waals surface area contributed by atoms with Crippen LogP contribution in [0.15, 0.2) is 0 Å². The summed E-state index contributed by atoms with van der Waals surface area (Å²) in [6.45, 7) is 1.68. The number of nitrogens with one attached hydrogen (secondary N) is 2. The molecule has 17 heavy (non-hydrogen) atoms. The van der Waals surface area contributed by atoms with Crippen molar-refractivity contribution in [1.82, 2.24) is 14.9 Å². The van der Waals surface area contributed by atoms with Crippen LogP contribution in [0.5, 0.6) is 0 Å². The summed E-state index contributed by atoms with van der Waals surface area (Å²) < 4.78 is 24.6. The summed E-state index contributed by atoms with van der Waals surface area (Å²) in [5, 5.41) is 3.17. The van der Waals surface area contributed by atoms with E-state index >= 15 is 0 Å². The van der Waals surface area contributed by atoms with Crippen molar-refractivity contribution in [1.29, 1.82) is 0 Å². The minimum Gasteiger partial charge on any atom is -0.351 e. The number of rotatable bonds is 5. The van der Waals surface area contributed by atoms with Gasteiger partial charge < -0.3 is 16.0 Å². The molecular formula is C9H20N4O3S. The van der Waals surface area contributed by atoms with Crippen molar-refractivity contribution in [2.45, 2.75) is 18.9 Å². The van der Waals surface area contributed by atoms with Crippen LogP contribution in [0.2, 0.25) is 0 Å². The third-order valence-corrected chi connectivity index (χ3v) is 4.29. The van der Waals surface area contributed by atoms with Gasteiger partial charge >= 0.3 is 6.03 Å². The second-order valence-corrected chi connectivity index (χ2v) is 6.12. The van der Waals surface area contributed by atoms with Gasteiger partial charge in [-0.3, -0.25) is 0 Å². The van der Waals surface area contributed by atoms with Crippen LogP contribution in [0.4, 0.5) is 4.79 Å². The topological polar surface area (TPSA) is 105 Å². The average molecular weight is 264 g/mol. The summed E-state index contributed by atoms with van der Waals surface area (Å²) in [6, 6.07) is -0.126. The lowest BCUT2D eigenvalue weighted by Gasteiger charge is -2.31. The first-order valence-corrected chi connectivity index (χ1v) is 7.29. The lowest BCUT2D eigenvalue weighted by atomic mass is 10.1. The molecule has 1 aliphatic heterocycles. The maximum Gasteiger partial charge on any atom is 0.314 e. The van der Waals surface area contributed by atoms with Crippen molar-refractivity contribution in [3.05, 3.63) is 0 Å². The maximum atomic E-state index is 11.2. The molecule has 2 amide bonds. The van der Waals surface area contributed by atoms with E-state index in [2.05, 4.69) is 10.0 Å². The van der Waals surface area contributed by atoms with E-state index in [-0.39, 0.29) is 17.8 Å². The molecule has 0 aliphatic carbocycles. The van der Waals surface area contributed by atoms with Crippen LogP contribution >= 0.6 is 0 Å². The Kier molecular flexibility index (Phi) is 5.16. The summed E-state index contributed by atoms with van der Waals surface area (Å²) in [6.07, 6.45) is 1.62. The molecule has 1 saturated heterocycles. The standard InChI is InChI=1S/C9H20N4O3S/c1-11-17(15,16)7-4-12-8-2-5-13(6-3-8)9(10)14/h8,11-12H,2-7H2,1H3,(H2,10,14). The van der Waals surface area contributed by atoms with Gasteiger partial charge in [0.15, 0.2) is 0 Å². The largest absolute Gasteiger partial charge is 0.351 e. The Bertz CT molecular complexity index is 349. The summed E-state index contributed by atoms with van der Waals surface area (Å²) in [4.78, 5) is 12.5. The van der Waals surface area contributed by atoms with Crippen LogP contribution in [0.1, 0.15) is 12.8 Å². The number of carbonyl (C=O) groups is 1. The van der Waals surface area contributed by atoms with E-state index in [0.29, 0.717) is 19.6 Å². The predicted octanol–water partition coefficient (Wildman–Crippen LogP) is -1.33. The van der Waals surface area contributed by atoms with Crippen molar-refractivity contribution in [2.24, 2.45) is 5.73 Å². The number of hydrogen-bond acceptors (Lipinski definition) is 4. The second kappa shape index (κ2) is 6.18. The fourth-order valence-corrected chi connectivity index (χ4v) is 2.39. The van der Waals surface area contributed by atoms with E-state index in [1.165, 1.54) is 7.05 Å². The highest BCUT2D eigenvalue weighted by molar-refractivity contribution is 7.89. The van der Waals surface area contributed by atoms with Gasteiger partial charge in [-0.1, -0.05) is 0 Å². The number of nitrogens with two attached hydrogens (primary N) is 1. The van der Waals surface area contributed by atoms with Crippen molar-refractivity contribution in [2.75, 3.05) is 32.4 Å². The fraction of sp³-hybridized carbons (Fsp3) is 0.889. The Morgan fingerprint density at radius 3 is 2.47 bits per heavy atom. The smallest absolute Gasteiger partial charge is 0.314 e. The van der Waals surface area contributed by atoms with Gasteiger partial charge in [-0.25, -0.2) is 17.9 Å². The Balaban J connectivity index is 2.21. The highest BCUT2D eigenvalue weighted by atomic mass is 32.2. The van der Waals surface area contributed by atoms with E-state index in [4.69, 9.17) is 5.73 Å². The molecule has 0 unspecified atom stereocenters. The zero-order valence-corrected chi connectivity index (χ0v) is 10.8. The molecule has 100 valence electrons. The molecule has 1 aliphatic rings. The number of primary amides is 1. The van der Waals surface area contributed by atoms with Gasteiger partial charge in [0.2, 0.25) is 10.0 Å². The number of sulfonamides is 1. The van der Waals surface area contributed by atoms with Gasteiger partial charge in [0.1, 0.15) is 0 Å². The molecular weight excluding hydrogens is 244 g/mol. The number of urea groups is 1. The Hall–Kier alpha value is -0.860. The molecule has 0 spiro atoms. The highest BCUT2D eigenvalue weighted by Crippen LogP contribution is 2.09. The Morgan fingerprint density at radius 2 is 2.00 bits per heavy atom. The lowest BCUT2D eigenvalue weighted by Crippen LogP contribution is -2.47. The molecule has 0 aromatic rings. The van der Waals surface area contributed by atoms with Gasteiger partial charge in [-0.2, -0.15) is 0 Å². The first kappa shape index (κ1) is 14.2. The molecule has 8 heteroatoms. The molecule has 1 rings (SSSR count). The maximum absolute atomic E-state index is 11.2. The third kappa shape index (κ3) is 4.88. The molecule has 0 saturated carbocycles. The molecule has 0 atom stereocenters. The van der Waals surface area contributed by atoms with E-state index in [1.807, 2.05) is 0 Å². The first-order valence-electron chi connectivity index (χ1n) is 5.63. The average Bonchev–Trinajstić information content (AvgIpc) is 2.29. The number of carbonyl (C=O) groups excluding carboxylic acids is 1. The number of amides is 2. The Labute approximate surface area is 102 Å². The minimum atomic E-state index is -3.14. The van der Waals surface area contributed by atoms with Crippen LogP contribution in [0.25, 0.3) is 0 Å². The molecule has 4 N–H and O–H groups in total. The van der Waals surface area contributed by atoms with Gasteiger partial charge in [0, 0.05) is 25.7 Å². The molecule has 1 heterocycles. The van der Waals surface area contributed by atoms with Crippen molar-refractivity contribution >= 4 is 16.1 Å². The molecule has 0 aromatic heterocycles. The van der Waals surface area contributed by atoms with Crippen molar-refractivity contribution in [3.63, 3.8) is 0 Å². The van der Waals surface area contributed by atoms with E-state index in [0.717, 1.165) is 12.8 Å². The summed E-state index contributed by atoms with van der Waals surface area (Å²) >= 11 is 0. The normalized spacial score (nSPS) is 18.3. The third-order valence-electron chi connectivity index (χ3n) is 2.92. The minimum absolute atomic E-state index is 0.0690. The predicted molar refractivity (Wildman–Crippen MR) is 65.0 cm³/mol. The molecule has 7 nitrogen and oxygen atoms in total. The van der Waals surface area contributed by atoms with Crippen LogP contribution in [-0.4, -0.2) is 57.8 Å². The quantitative estimate of drug-likeness (QED) is 0.572. The van der Waals surface area contributed by atoms with Crippen molar-refractivity contribution < 1.29 is 13.2 Å². The lowest BCUT2D eigenvalue weighted by molar-refractivity contribution is 0.186. The SMILES string of the molecule is CNS(=O)(=O)CCNC1CCN(C(N)=O)CC1. The molecule has 0 aromatic carbocycles. The summed E-state index contributed by atoms with van der Waals surface area (Å²) in [5.41, 5.74) is 5.17. The van der Waals surface area contributed by atoms with Gasteiger partial charge in [-0.05, 0) is 19.9 Å². The second-order valence-electron chi connectivity index (χ2n) is 4.08. The number of nitrogens with zero attached hydrogens (tertiary/aromatic N) is 1. The summed E-state index contributed by atoms with van der Waals surface area (Å²) in [7, 11) is -1.74. The van der Waals surface area contributed by atoms with Crippen LogP contribution in [-0.2, 0) is 10.0 Å². The van der Waals surface area contributed by atoms with Gasteiger partial charge in [0.05, 0.1) is 5.75 Å². The number of likely N-dealkylation sites (tertiary alicyclic amines) is 1. The monoisotopic (exact) mass is 264 g/mol. The highest BCUT2D eigenvalue weighted by Gasteiger charge is 2.20. The van der Waals surface area contributed by atoms with Crippen LogP contribution in [0, 0.1) is 0 Å². The zero-order chi connectivity index (χ0) is 12.9. The zero-order valence-electron chi connectivity index (χ0n) is 9.98. The van der Waals surface area contributed by atoms with Crippen LogP contribution in [0.3, 0.4) is 0 Å². The molecule has 0 bridgehead atoms. The molecule has 0 radical (unpaired) electrons. The van der Waals surface area contributed by atoms with Gasteiger partial charge in [-0.15, -0.1) is 0 Å². The summed E-state index contributed by atoms with van der Waals surface area (Å²) in [5.74, 6) is 0.0690. The number of hydrogen-bond donors (Lipinski definition) is 3. The molecule has 1 fully saturated rings. The Morgan fingerprint density at radius 1 is 1.41 bits per heavy atom. The number of piperidine rings is 1. The van der Waals surface area contributed by atoms with E-state index in [1.54, 1.807) is 4.90 Å². The van der Waals surface area contributed by atoms with Gasteiger partial charge in [0.25, 0.3) is 0 Å². The van der Waals surface area contributed by atoms with Crippen molar-refractivity contribution in [3.8, 4) is 0 Å². The first-order chi connectivity index (χ1) is 7.94.